The van der Waals surface area contributed by atoms with Crippen LogP contribution in [-0.4, -0.2) is 69.6 Å². The molecule has 0 unspecified atom stereocenters. The molecule has 1 heterocycles. The lowest BCUT2D eigenvalue weighted by Crippen LogP contribution is -2.46. The van der Waals surface area contributed by atoms with E-state index in [2.05, 4.69) is 0 Å². The minimum Gasteiger partial charge on any atom is -0.385 e. The Morgan fingerprint density at radius 2 is 1.73 bits per heavy atom. The number of piperidine rings is 1. The SMILES string of the molecule is COCCCC(F)(F)CN1CCC(OC2CC(OC)C2)CC1. The molecule has 6 heteroatoms. The maximum atomic E-state index is 13.8. The Labute approximate surface area is 132 Å². The molecule has 22 heavy (non-hydrogen) atoms. The van der Waals surface area contributed by atoms with Crippen molar-refractivity contribution in [2.24, 2.45) is 0 Å². The number of nitrogens with zero attached hydrogens (tertiary/aromatic N) is 1. The maximum Gasteiger partial charge on any atom is 0.260 e. The number of ether oxygens (including phenoxy) is 3. The van der Waals surface area contributed by atoms with Gasteiger partial charge in [-0.3, -0.25) is 4.90 Å². The molecule has 0 atom stereocenters. The Balaban J connectivity index is 1.60. The molecule has 1 aliphatic carbocycles. The van der Waals surface area contributed by atoms with Gasteiger partial charge in [0.15, 0.2) is 0 Å². The van der Waals surface area contributed by atoms with E-state index in [-0.39, 0.29) is 19.1 Å². The van der Waals surface area contributed by atoms with Gasteiger partial charge in [-0.15, -0.1) is 0 Å². The van der Waals surface area contributed by atoms with E-state index >= 15 is 0 Å². The number of likely N-dealkylation sites (tertiary alicyclic amines) is 1. The first-order valence-corrected chi connectivity index (χ1v) is 8.30. The molecule has 0 aromatic rings. The number of rotatable bonds is 9. The van der Waals surface area contributed by atoms with Crippen LogP contribution in [0.25, 0.3) is 0 Å². The van der Waals surface area contributed by atoms with Crippen molar-refractivity contribution >= 4 is 0 Å². The molecule has 0 aromatic carbocycles. The van der Waals surface area contributed by atoms with Gasteiger partial charge in [0.2, 0.25) is 0 Å². The predicted octanol–water partition coefficient (Wildman–Crippen LogP) is 2.71. The summed E-state index contributed by atoms with van der Waals surface area (Å²) in [5.74, 6) is -2.62. The second-order valence-electron chi connectivity index (χ2n) is 6.52. The second-order valence-corrected chi connectivity index (χ2v) is 6.52. The second kappa shape index (κ2) is 8.52. The highest BCUT2D eigenvalue weighted by Gasteiger charge is 2.35. The highest BCUT2D eigenvalue weighted by Crippen LogP contribution is 2.30. The Kier molecular flexibility index (Phi) is 6.99. The monoisotopic (exact) mass is 321 g/mol. The van der Waals surface area contributed by atoms with E-state index < -0.39 is 5.92 Å². The van der Waals surface area contributed by atoms with Crippen molar-refractivity contribution < 1.29 is 23.0 Å². The summed E-state index contributed by atoms with van der Waals surface area (Å²) in [4.78, 5) is 1.87. The molecule has 130 valence electrons. The van der Waals surface area contributed by atoms with E-state index in [1.807, 2.05) is 4.90 Å². The molecule has 0 amide bonds. The first-order chi connectivity index (χ1) is 10.5. The van der Waals surface area contributed by atoms with E-state index in [0.29, 0.717) is 38.3 Å². The van der Waals surface area contributed by atoms with E-state index in [4.69, 9.17) is 14.2 Å². The number of alkyl halides is 2. The van der Waals surface area contributed by atoms with Gasteiger partial charge in [-0.1, -0.05) is 0 Å². The van der Waals surface area contributed by atoms with Crippen LogP contribution in [0.1, 0.15) is 38.5 Å². The Morgan fingerprint density at radius 1 is 1.05 bits per heavy atom. The molecule has 1 saturated heterocycles. The smallest absolute Gasteiger partial charge is 0.260 e. The molecule has 2 aliphatic rings. The minimum atomic E-state index is -2.62. The number of methoxy groups -OCH3 is 2. The third-order valence-electron chi connectivity index (χ3n) is 4.65. The van der Waals surface area contributed by atoms with Crippen LogP contribution in [0.5, 0.6) is 0 Å². The van der Waals surface area contributed by atoms with Crippen molar-refractivity contribution in [3.05, 3.63) is 0 Å². The highest BCUT2D eigenvalue weighted by atomic mass is 19.3. The van der Waals surface area contributed by atoms with E-state index in [9.17, 15) is 8.78 Å². The molecule has 0 radical (unpaired) electrons. The van der Waals surface area contributed by atoms with Crippen molar-refractivity contribution in [2.45, 2.75) is 62.8 Å². The van der Waals surface area contributed by atoms with Gasteiger partial charge in [0.05, 0.1) is 24.9 Å². The largest absolute Gasteiger partial charge is 0.385 e. The third kappa shape index (κ3) is 5.72. The van der Waals surface area contributed by atoms with E-state index in [1.54, 1.807) is 14.2 Å². The fourth-order valence-electron chi connectivity index (χ4n) is 3.18. The van der Waals surface area contributed by atoms with Crippen LogP contribution in [0, 0.1) is 0 Å². The molecule has 0 spiro atoms. The van der Waals surface area contributed by atoms with Crippen LogP contribution in [0.15, 0.2) is 0 Å². The maximum absolute atomic E-state index is 13.8. The van der Waals surface area contributed by atoms with Crippen LogP contribution < -0.4 is 0 Å². The fraction of sp³-hybridized carbons (Fsp3) is 1.00. The summed E-state index contributed by atoms with van der Waals surface area (Å²) in [5.41, 5.74) is 0. The van der Waals surface area contributed by atoms with Gasteiger partial charge in [0.1, 0.15) is 0 Å². The lowest BCUT2D eigenvalue weighted by molar-refractivity contribution is -0.130. The normalized spacial score (nSPS) is 27.8. The van der Waals surface area contributed by atoms with Crippen LogP contribution in [0.4, 0.5) is 8.78 Å². The highest BCUT2D eigenvalue weighted by molar-refractivity contribution is 4.84. The van der Waals surface area contributed by atoms with Gasteiger partial charge in [0, 0.05) is 40.3 Å². The van der Waals surface area contributed by atoms with Crippen molar-refractivity contribution in [3.8, 4) is 0 Å². The molecule has 2 rings (SSSR count). The Morgan fingerprint density at radius 3 is 2.32 bits per heavy atom. The van der Waals surface area contributed by atoms with Crippen molar-refractivity contribution in [2.75, 3.05) is 40.5 Å². The minimum absolute atomic E-state index is 0.0995. The quantitative estimate of drug-likeness (QED) is 0.611. The molecule has 1 aliphatic heterocycles. The summed E-state index contributed by atoms with van der Waals surface area (Å²) in [6.07, 6.45) is 4.81. The standard InChI is InChI=1S/C16H29F2NO3/c1-20-9-3-6-16(17,18)12-19-7-4-13(5-8-19)22-15-10-14(11-15)21-2/h13-15H,3-12H2,1-2H3. The predicted molar refractivity (Wildman–Crippen MR) is 80.4 cm³/mol. The van der Waals surface area contributed by atoms with E-state index in [1.165, 1.54) is 0 Å². The average Bonchev–Trinajstić information content (AvgIpc) is 2.44. The summed E-state index contributed by atoms with van der Waals surface area (Å²) < 4.78 is 43.8. The van der Waals surface area contributed by atoms with Crippen molar-refractivity contribution in [1.82, 2.24) is 4.90 Å². The molecular weight excluding hydrogens is 292 g/mol. The summed E-state index contributed by atoms with van der Waals surface area (Å²) in [6, 6.07) is 0. The zero-order chi connectivity index (χ0) is 16.0. The topological polar surface area (TPSA) is 30.9 Å². The van der Waals surface area contributed by atoms with Gasteiger partial charge in [-0.05, 0) is 32.1 Å². The van der Waals surface area contributed by atoms with Crippen LogP contribution in [0.2, 0.25) is 0 Å². The summed E-state index contributed by atoms with van der Waals surface area (Å²) in [6.45, 7) is 1.66. The molecule has 4 nitrogen and oxygen atoms in total. The van der Waals surface area contributed by atoms with Crippen molar-refractivity contribution in [3.63, 3.8) is 0 Å². The zero-order valence-corrected chi connectivity index (χ0v) is 13.7. The van der Waals surface area contributed by atoms with Gasteiger partial charge in [-0.2, -0.15) is 0 Å². The number of hydrogen-bond donors (Lipinski definition) is 0. The van der Waals surface area contributed by atoms with E-state index in [0.717, 1.165) is 25.7 Å². The van der Waals surface area contributed by atoms with Crippen molar-refractivity contribution in [1.29, 1.82) is 0 Å². The Hall–Kier alpha value is -0.300. The zero-order valence-electron chi connectivity index (χ0n) is 13.7. The van der Waals surface area contributed by atoms with Crippen LogP contribution in [0.3, 0.4) is 0 Å². The molecular formula is C16H29F2NO3. The molecule has 0 aromatic heterocycles. The molecule has 0 bridgehead atoms. The van der Waals surface area contributed by atoms with Crippen LogP contribution >= 0.6 is 0 Å². The summed E-state index contributed by atoms with van der Waals surface area (Å²) >= 11 is 0. The number of hydrogen-bond acceptors (Lipinski definition) is 4. The first kappa shape index (κ1) is 18.0. The Bertz CT molecular complexity index is 317. The average molecular weight is 321 g/mol. The number of halogens is 2. The van der Waals surface area contributed by atoms with Crippen LogP contribution in [-0.2, 0) is 14.2 Å². The first-order valence-electron chi connectivity index (χ1n) is 8.30. The van der Waals surface area contributed by atoms with Gasteiger partial charge >= 0.3 is 0 Å². The molecule has 1 saturated carbocycles. The lowest BCUT2D eigenvalue weighted by atomic mass is 9.91. The molecule has 0 N–H and O–H groups in total. The van der Waals surface area contributed by atoms with Gasteiger partial charge < -0.3 is 14.2 Å². The third-order valence-corrected chi connectivity index (χ3v) is 4.65. The summed E-state index contributed by atoms with van der Waals surface area (Å²) in [7, 11) is 3.27. The van der Waals surface area contributed by atoms with Gasteiger partial charge in [0.25, 0.3) is 5.92 Å². The molecule has 2 fully saturated rings. The summed E-state index contributed by atoms with van der Waals surface area (Å²) in [5, 5.41) is 0. The lowest BCUT2D eigenvalue weighted by Gasteiger charge is -2.40. The fourth-order valence-corrected chi connectivity index (χ4v) is 3.18. The van der Waals surface area contributed by atoms with Gasteiger partial charge in [-0.25, -0.2) is 8.78 Å².